The summed E-state index contributed by atoms with van der Waals surface area (Å²) in [4.78, 5) is 71.1. The number of nitrogens with zero attached hydrogens (tertiary/aromatic N) is 6. The highest BCUT2D eigenvalue weighted by Crippen LogP contribution is 2.41. The normalized spacial score (nSPS) is 18.6. The van der Waals surface area contributed by atoms with Gasteiger partial charge in [0.2, 0.25) is 6.79 Å². The van der Waals surface area contributed by atoms with Crippen LogP contribution < -0.4 is 21.3 Å². The minimum atomic E-state index is -1.34. The molecule has 2 amide bonds. The van der Waals surface area contributed by atoms with Crippen LogP contribution in [-0.4, -0.2) is 94.1 Å². The molecule has 0 bridgehead atoms. The number of esters is 1. The topological polar surface area (TPSA) is 242 Å². The van der Waals surface area contributed by atoms with Gasteiger partial charge in [0.25, 0.3) is 11.8 Å². The Kier molecular flexibility index (Phi) is 9.30. The summed E-state index contributed by atoms with van der Waals surface area (Å²) in [6, 6.07) is -1.07. The maximum absolute atomic E-state index is 13.0. The van der Waals surface area contributed by atoms with Gasteiger partial charge in [-0.15, -0.1) is 28.2 Å². The number of aliphatic carboxylic acids is 1. The van der Waals surface area contributed by atoms with Crippen molar-refractivity contribution in [2.75, 3.05) is 24.0 Å². The number of amides is 2. The lowest BCUT2D eigenvalue weighted by atomic mass is 9.98. The molecule has 5 N–H and O–H groups in total. The van der Waals surface area contributed by atoms with Crippen LogP contribution in [0.4, 0.5) is 5.13 Å². The van der Waals surface area contributed by atoms with Crippen molar-refractivity contribution in [2.24, 2.45) is 17.6 Å². The average molecular weight is 655 g/mol. The van der Waals surface area contributed by atoms with Gasteiger partial charge in [-0.1, -0.05) is 16.9 Å². The molecule has 1 saturated heterocycles. The van der Waals surface area contributed by atoms with Gasteiger partial charge in [0.05, 0.1) is 5.41 Å². The number of aryl methyl sites for hydroxylation is 1. The highest BCUT2D eigenvalue weighted by molar-refractivity contribution is 8.01. The van der Waals surface area contributed by atoms with E-state index in [0.717, 1.165) is 28.0 Å². The number of thiazole rings is 1. The second kappa shape index (κ2) is 12.6. The number of β-lactam (4-membered cyclic amide) rings is 1. The number of thioether (sulfide) groups is 2. The van der Waals surface area contributed by atoms with E-state index in [2.05, 4.69) is 25.5 Å². The molecule has 2 atom stereocenters. The SMILES string of the molecule is Cn1nc(OCOC(=O)C(C)(C)C)c(=O)nc1SCC1=C(C(=O)O)N2C(=O)[C@@H](NC(=O)/C(=N\O)c3csc(N)n3)[C@H]2SC1. The van der Waals surface area contributed by atoms with Gasteiger partial charge in [0.15, 0.2) is 16.0 Å². The summed E-state index contributed by atoms with van der Waals surface area (Å²) in [6.45, 7) is 4.46. The number of hydrogen-bond acceptors (Lipinski definition) is 16. The molecule has 0 radical (unpaired) electrons. The first-order valence-corrected chi connectivity index (χ1v) is 15.2. The molecule has 2 aromatic rings. The fourth-order valence-corrected chi connectivity index (χ4v) is 6.71. The number of fused-ring (bicyclic) bond motifs is 1. The molecule has 43 heavy (non-hydrogen) atoms. The number of hydrogen-bond donors (Lipinski definition) is 4. The first-order chi connectivity index (χ1) is 20.2. The van der Waals surface area contributed by atoms with E-state index in [1.807, 2.05) is 0 Å². The van der Waals surface area contributed by atoms with E-state index < -0.39 is 58.6 Å². The molecular formula is C23H26N8O9S3. The number of rotatable bonds is 10. The Bertz CT molecular complexity index is 1600. The average Bonchev–Trinajstić information content (AvgIpc) is 3.37. The van der Waals surface area contributed by atoms with Crippen LogP contribution in [0.15, 0.2) is 31.8 Å². The molecule has 20 heteroatoms. The molecule has 4 heterocycles. The number of nitrogens with two attached hydrogens (primary N) is 1. The van der Waals surface area contributed by atoms with Crippen molar-refractivity contribution in [3.8, 4) is 5.88 Å². The molecule has 1 fully saturated rings. The number of carboxylic acids is 1. The Morgan fingerprint density at radius 3 is 2.60 bits per heavy atom. The van der Waals surface area contributed by atoms with E-state index >= 15 is 0 Å². The third-order valence-electron chi connectivity index (χ3n) is 5.89. The summed E-state index contributed by atoms with van der Waals surface area (Å²) >= 11 is 3.28. The van der Waals surface area contributed by atoms with Gasteiger partial charge in [-0.3, -0.25) is 24.1 Å². The van der Waals surface area contributed by atoms with Crippen LogP contribution in [0.2, 0.25) is 0 Å². The first-order valence-electron chi connectivity index (χ1n) is 12.2. The number of carboxylic acid groups (broad SMARTS) is 1. The molecule has 2 aliphatic heterocycles. The van der Waals surface area contributed by atoms with Crippen molar-refractivity contribution in [3.63, 3.8) is 0 Å². The van der Waals surface area contributed by atoms with E-state index in [1.165, 1.54) is 28.9 Å². The second-order valence-electron chi connectivity index (χ2n) is 10.00. The molecule has 4 rings (SSSR count). The smallest absolute Gasteiger partial charge is 0.352 e. The van der Waals surface area contributed by atoms with Crippen molar-refractivity contribution in [1.82, 2.24) is 30.0 Å². The lowest BCUT2D eigenvalue weighted by molar-refractivity contribution is -0.160. The van der Waals surface area contributed by atoms with Crippen LogP contribution in [0.3, 0.4) is 0 Å². The van der Waals surface area contributed by atoms with Gasteiger partial charge in [-0.05, 0) is 26.3 Å². The molecule has 230 valence electrons. The predicted octanol–water partition coefficient (Wildman–Crippen LogP) is -0.151. The van der Waals surface area contributed by atoms with Crippen LogP contribution in [0.25, 0.3) is 0 Å². The number of ether oxygens (including phenoxy) is 2. The highest BCUT2D eigenvalue weighted by Gasteiger charge is 2.54. The van der Waals surface area contributed by atoms with Crippen LogP contribution in [0.1, 0.15) is 26.5 Å². The third kappa shape index (κ3) is 6.75. The van der Waals surface area contributed by atoms with Crippen LogP contribution in [0, 0.1) is 5.41 Å². The Labute approximate surface area is 255 Å². The zero-order chi connectivity index (χ0) is 31.6. The van der Waals surface area contributed by atoms with Gasteiger partial charge in [-0.2, -0.15) is 4.98 Å². The lowest BCUT2D eigenvalue weighted by Crippen LogP contribution is -2.71. The summed E-state index contributed by atoms with van der Waals surface area (Å²) in [5, 5.41) is 29.7. The van der Waals surface area contributed by atoms with Crippen LogP contribution in [-0.2, 0) is 31.0 Å². The minimum absolute atomic E-state index is 0.0222. The predicted molar refractivity (Wildman–Crippen MR) is 154 cm³/mol. The maximum atomic E-state index is 13.0. The number of anilines is 1. The molecule has 0 aliphatic carbocycles. The van der Waals surface area contributed by atoms with Crippen LogP contribution in [0.5, 0.6) is 5.88 Å². The molecule has 0 aromatic carbocycles. The van der Waals surface area contributed by atoms with E-state index in [4.69, 9.17) is 15.2 Å². The van der Waals surface area contributed by atoms with E-state index in [1.54, 1.807) is 20.8 Å². The standard InChI is InChI=1S/C23H26N8O9S3/c1-23(2,3)20(37)40-8-39-16-15(33)27-22(30(4)28-16)43-6-9-5-41-18-12(17(34)31(18)13(9)19(35)36)26-14(32)11(29-38)10-7-42-21(24)25-10/h7,12,18,38H,5-6,8H2,1-4H3,(H2,24,25)(H,26,32)(H,35,36)/b29-11-/t12-,18-/m1/s1. The number of aromatic nitrogens is 4. The van der Waals surface area contributed by atoms with Crippen molar-refractivity contribution in [2.45, 2.75) is 37.3 Å². The second-order valence-corrected chi connectivity index (χ2v) is 12.9. The number of carbonyl (C=O) groups excluding carboxylic acids is 3. The third-order valence-corrected chi connectivity index (χ3v) is 9.01. The molecule has 17 nitrogen and oxygen atoms in total. The van der Waals surface area contributed by atoms with Gasteiger partial charge in [0, 0.05) is 23.9 Å². The minimum Gasteiger partial charge on any atom is -0.477 e. The van der Waals surface area contributed by atoms with E-state index in [9.17, 15) is 34.3 Å². The van der Waals surface area contributed by atoms with Gasteiger partial charge in [0.1, 0.15) is 22.8 Å². The summed E-state index contributed by atoms with van der Waals surface area (Å²) in [7, 11) is 1.50. The van der Waals surface area contributed by atoms with Crippen LogP contribution >= 0.6 is 34.9 Å². The zero-order valence-corrected chi connectivity index (χ0v) is 25.5. The maximum Gasteiger partial charge on any atom is 0.352 e. The van der Waals surface area contributed by atoms with Gasteiger partial charge in [-0.25, -0.2) is 14.5 Å². The summed E-state index contributed by atoms with van der Waals surface area (Å²) in [6.07, 6.45) is 0. The summed E-state index contributed by atoms with van der Waals surface area (Å²) < 4.78 is 11.4. The van der Waals surface area contributed by atoms with Crippen molar-refractivity contribution < 1.29 is 39.0 Å². The van der Waals surface area contributed by atoms with Gasteiger partial charge < -0.3 is 30.8 Å². The largest absolute Gasteiger partial charge is 0.477 e. The Balaban J connectivity index is 1.42. The fourth-order valence-electron chi connectivity index (χ4n) is 3.77. The molecule has 0 saturated carbocycles. The summed E-state index contributed by atoms with van der Waals surface area (Å²) in [5.41, 5.74) is 3.71. The van der Waals surface area contributed by atoms with Gasteiger partial charge >= 0.3 is 23.4 Å². The van der Waals surface area contributed by atoms with Crippen molar-refractivity contribution in [3.05, 3.63) is 32.7 Å². The summed E-state index contributed by atoms with van der Waals surface area (Å²) in [5.74, 6) is -3.56. The van der Waals surface area contributed by atoms with E-state index in [0.29, 0.717) is 5.57 Å². The molecule has 0 spiro atoms. The number of nitrogen functional groups attached to an aromatic ring is 1. The lowest BCUT2D eigenvalue weighted by Gasteiger charge is -2.49. The molecular weight excluding hydrogens is 629 g/mol. The number of nitrogens with one attached hydrogen (secondary N) is 1. The quantitative estimate of drug-likeness (QED) is 0.0495. The van der Waals surface area contributed by atoms with E-state index in [-0.39, 0.29) is 39.1 Å². The molecule has 2 aromatic heterocycles. The monoisotopic (exact) mass is 654 g/mol. The molecule has 0 unspecified atom stereocenters. The Morgan fingerprint density at radius 2 is 2.00 bits per heavy atom. The highest BCUT2D eigenvalue weighted by atomic mass is 32.2. The zero-order valence-electron chi connectivity index (χ0n) is 23.1. The Morgan fingerprint density at radius 1 is 1.28 bits per heavy atom. The fraction of sp³-hybridized carbons (Fsp3) is 0.435. The number of oxime groups is 1. The molecule has 2 aliphatic rings. The van der Waals surface area contributed by atoms with Crippen molar-refractivity contribution in [1.29, 1.82) is 0 Å². The Hall–Kier alpha value is -4.17. The number of carbonyl (C=O) groups is 4. The van der Waals surface area contributed by atoms with Crippen molar-refractivity contribution >= 4 is 69.5 Å². The first kappa shape index (κ1) is 31.8.